The largest absolute Gasteiger partial charge is 0.416 e. The fourth-order valence-corrected chi connectivity index (χ4v) is 7.83. The van der Waals surface area contributed by atoms with Crippen molar-refractivity contribution in [2.75, 3.05) is 24.7 Å². The first-order chi connectivity index (χ1) is 21.5. The zero-order valence-corrected chi connectivity index (χ0v) is 25.1. The number of amides is 3. The van der Waals surface area contributed by atoms with Crippen LogP contribution in [0, 0.1) is 23.2 Å². The molecular weight excluding hydrogens is 589 g/mol. The van der Waals surface area contributed by atoms with Gasteiger partial charge in [-0.2, -0.15) is 23.5 Å². The Kier molecular flexibility index (Phi) is 7.00. The molecule has 1 aromatic carbocycles. The lowest BCUT2D eigenvalue weighted by atomic mass is 9.72. The van der Waals surface area contributed by atoms with Gasteiger partial charge in [0, 0.05) is 42.8 Å². The van der Waals surface area contributed by atoms with Gasteiger partial charge >= 0.3 is 6.18 Å². The maximum atomic E-state index is 14.5. The van der Waals surface area contributed by atoms with Gasteiger partial charge in [-0.25, -0.2) is 4.68 Å². The Morgan fingerprint density at radius 2 is 1.89 bits per heavy atom. The molecule has 3 aliphatic heterocycles. The molecule has 0 bridgehead atoms. The van der Waals surface area contributed by atoms with Crippen LogP contribution in [-0.4, -0.2) is 69.8 Å². The maximum absolute atomic E-state index is 14.5. The molecule has 13 heteroatoms. The molecule has 4 heterocycles. The summed E-state index contributed by atoms with van der Waals surface area (Å²) >= 11 is 0. The highest BCUT2D eigenvalue weighted by atomic mass is 19.4. The molecule has 45 heavy (non-hydrogen) atoms. The highest BCUT2D eigenvalue weighted by molar-refractivity contribution is 6.09. The van der Waals surface area contributed by atoms with E-state index in [1.165, 1.54) is 12.1 Å². The molecule has 1 aromatic heterocycles. The molecule has 0 radical (unpaired) electrons. The molecule has 3 amide bonds. The third kappa shape index (κ3) is 4.80. The van der Waals surface area contributed by atoms with E-state index in [1.54, 1.807) is 28.3 Å². The Morgan fingerprint density at radius 1 is 1.16 bits per heavy atom. The van der Waals surface area contributed by atoms with Crippen molar-refractivity contribution in [3.05, 3.63) is 46.6 Å². The molecule has 2 saturated heterocycles. The summed E-state index contributed by atoms with van der Waals surface area (Å²) in [6.45, 7) is 4.64. The van der Waals surface area contributed by atoms with E-state index >= 15 is 0 Å². The second-order valence-corrected chi connectivity index (χ2v) is 13.1. The molecule has 0 spiro atoms. The van der Waals surface area contributed by atoms with Gasteiger partial charge in [0.05, 0.1) is 17.7 Å². The van der Waals surface area contributed by atoms with Gasteiger partial charge in [0.1, 0.15) is 17.4 Å². The average molecular weight is 625 g/mol. The normalized spacial score (nSPS) is 29.6. The lowest BCUT2D eigenvalue weighted by molar-refractivity contribution is -0.137. The van der Waals surface area contributed by atoms with Gasteiger partial charge in [-0.05, 0) is 82.4 Å². The number of halogens is 3. The number of piperidine rings is 1. The maximum Gasteiger partial charge on any atom is 0.416 e. The Balaban J connectivity index is 1.36. The van der Waals surface area contributed by atoms with Gasteiger partial charge in [0.15, 0.2) is 5.69 Å². The standard InChI is InChI=1S/C32H35F3N6O4/c1-3-39-28-24(26(38-41(28)21-9-11-45-12-10-21)29(43)40-22(16-36)14-19-15-23(19)40)25(17-7-8-17)31(2,30(39)44)37-27(42)18-5-4-6-20(13-18)32(33,34)35/h4-6,13,17,19,21-23,25H,3,7-12,14-15H2,1-2H3,(H,37,42)/t19-,22-,23+,25-,31-/m0/s1. The van der Waals surface area contributed by atoms with Crippen molar-refractivity contribution in [2.24, 2.45) is 11.8 Å². The molecule has 2 saturated carbocycles. The molecule has 10 nitrogen and oxygen atoms in total. The van der Waals surface area contributed by atoms with E-state index in [0.29, 0.717) is 43.9 Å². The van der Waals surface area contributed by atoms with Crippen molar-refractivity contribution in [3.63, 3.8) is 0 Å². The average Bonchev–Trinajstić information content (AvgIpc) is 3.94. The lowest BCUT2D eigenvalue weighted by Crippen LogP contribution is -2.64. The van der Waals surface area contributed by atoms with E-state index in [0.717, 1.165) is 31.4 Å². The van der Waals surface area contributed by atoms with Crippen molar-refractivity contribution in [3.8, 4) is 6.07 Å². The molecule has 2 aliphatic carbocycles. The number of hydrogen-bond donors (Lipinski definition) is 1. The number of nitrogens with zero attached hydrogens (tertiary/aromatic N) is 5. The predicted octanol–water partition coefficient (Wildman–Crippen LogP) is 4.43. The van der Waals surface area contributed by atoms with E-state index < -0.39 is 41.1 Å². The second kappa shape index (κ2) is 10.6. The van der Waals surface area contributed by atoms with Gasteiger partial charge in [-0.1, -0.05) is 6.07 Å². The molecule has 4 fully saturated rings. The van der Waals surface area contributed by atoms with Crippen LogP contribution in [0.5, 0.6) is 0 Å². The number of hydrogen-bond acceptors (Lipinski definition) is 6. The minimum Gasteiger partial charge on any atom is -0.381 e. The van der Waals surface area contributed by atoms with Crippen LogP contribution in [0.2, 0.25) is 0 Å². The number of carbonyl (C=O) groups excluding carboxylic acids is 3. The Morgan fingerprint density at radius 3 is 2.53 bits per heavy atom. The van der Waals surface area contributed by atoms with Gasteiger partial charge in [-0.15, -0.1) is 0 Å². The molecule has 5 atom stereocenters. The molecule has 7 rings (SSSR count). The summed E-state index contributed by atoms with van der Waals surface area (Å²) in [5, 5.41) is 17.7. The highest BCUT2D eigenvalue weighted by Gasteiger charge is 2.60. The number of likely N-dealkylation sites (N-methyl/N-ethyl adjacent to an activating group) is 1. The number of nitrogens with one attached hydrogen (secondary N) is 1. The fraction of sp³-hybridized carbons (Fsp3) is 0.594. The van der Waals surface area contributed by atoms with Crippen molar-refractivity contribution in [1.82, 2.24) is 20.0 Å². The SMILES string of the molecule is CCN1C(=O)[C@@](C)(NC(=O)c2cccc(C(F)(F)F)c2)[C@@H](C2CC2)c2c(C(=O)N3[C@H](C#N)C[C@H]4C[C@H]43)nn(C3CCOCC3)c21. The van der Waals surface area contributed by atoms with Gasteiger partial charge in [0.2, 0.25) is 0 Å². The summed E-state index contributed by atoms with van der Waals surface area (Å²) in [6, 6.07) is 5.69. The van der Waals surface area contributed by atoms with Crippen LogP contribution < -0.4 is 10.2 Å². The minimum atomic E-state index is -4.64. The third-order valence-electron chi connectivity index (χ3n) is 10.3. The second-order valence-electron chi connectivity index (χ2n) is 13.1. The smallest absolute Gasteiger partial charge is 0.381 e. The Hall–Kier alpha value is -3.92. The number of fused-ring (bicyclic) bond motifs is 2. The molecule has 238 valence electrons. The van der Waals surface area contributed by atoms with E-state index in [1.807, 2.05) is 0 Å². The third-order valence-corrected chi connectivity index (χ3v) is 10.3. The van der Waals surface area contributed by atoms with Crippen molar-refractivity contribution < 1.29 is 32.3 Å². The first-order valence-electron chi connectivity index (χ1n) is 15.7. The van der Waals surface area contributed by atoms with E-state index in [2.05, 4.69) is 11.4 Å². The highest BCUT2D eigenvalue weighted by Crippen LogP contribution is 2.56. The summed E-state index contributed by atoms with van der Waals surface area (Å²) in [4.78, 5) is 45.8. The number of aromatic nitrogens is 2. The predicted molar refractivity (Wildman–Crippen MR) is 154 cm³/mol. The first kappa shape index (κ1) is 29.8. The number of anilines is 1. The zero-order valence-electron chi connectivity index (χ0n) is 25.1. The van der Waals surface area contributed by atoms with E-state index in [4.69, 9.17) is 9.84 Å². The molecule has 2 aromatic rings. The number of ether oxygens (including phenoxy) is 1. The van der Waals surface area contributed by atoms with Crippen LogP contribution in [0.15, 0.2) is 24.3 Å². The summed E-state index contributed by atoms with van der Waals surface area (Å²) in [6.07, 6.45) is -0.402. The quantitative estimate of drug-likeness (QED) is 0.508. The van der Waals surface area contributed by atoms with Crippen molar-refractivity contribution in [2.45, 2.75) is 88.1 Å². The number of likely N-dealkylation sites (tertiary alicyclic amines) is 1. The summed E-state index contributed by atoms with van der Waals surface area (Å²) in [5.74, 6) is -1.45. The van der Waals surface area contributed by atoms with Crippen molar-refractivity contribution >= 4 is 23.5 Å². The minimum absolute atomic E-state index is 0.0232. The van der Waals surface area contributed by atoms with Crippen LogP contribution in [0.25, 0.3) is 0 Å². The summed E-state index contributed by atoms with van der Waals surface area (Å²) in [5.41, 5.74) is -2.00. The van der Waals surface area contributed by atoms with E-state index in [-0.39, 0.29) is 47.6 Å². The molecule has 5 aliphatic rings. The van der Waals surface area contributed by atoms with Crippen LogP contribution in [0.1, 0.15) is 96.3 Å². The number of benzene rings is 1. The monoisotopic (exact) mass is 624 g/mol. The Bertz CT molecular complexity index is 1610. The lowest BCUT2D eigenvalue weighted by Gasteiger charge is -2.46. The van der Waals surface area contributed by atoms with Crippen LogP contribution >= 0.6 is 0 Å². The molecular formula is C32H35F3N6O4. The van der Waals surface area contributed by atoms with Gasteiger partial charge in [0.25, 0.3) is 17.7 Å². The molecule has 0 unspecified atom stereocenters. The zero-order chi connectivity index (χ0) is 31.8. The number of rotatable bonds is 6. The summed E-state index contributed by atoms with van der Waals surface area (Å²) in [7, 11) is 0. The van der Waals surface area contributed by atoms with Crippen LogP contribution in [-0.2, 0) is 15.7 Å². The van der Waals surface area contributed by atoms with Gasteiger partial charge in [-0.3, -0.25) is 19.3 Å². The summed E-state index contributed by atoms with van der Waals surface area (Å²) < 4.78 is 47.8. The number of carbonyl (C=O) groups is 3. The number of alkyl halides is 3. The van der Waals surface area contributed by atoms with Crippen LogP contribution in [0.3, 0.4) is 0 Å². The van der Waals surface area contributed by atoms with Gasteiger partial charge < -0.3 is 15.0 Å². The number of nitriles is 1. The first-order valence-corrected chi connectivity index (χ1v) is 15.7. The molecule has 1 N–H and O–H groups in total. The fourth-order valence-electron chi connectivity index (χ4n) is 7.83. The topological polar surface area (TPSA) is 121 Å². The van der Waals surface area contributed by atoms with Crippen LogP contribution in [0.4, 0.5) is 19.0 Å². The van der Waals surface area contributed by atoms with Crippen molar-refractivity contribution in [1.29, 1.82) is 5.26 Å². The van der Waals surface area contributed by atoms with E-state index in [9.17, 15) is 32.8 Å². The Labute approximate surface area is 258 Å².